The number of sulfonamides is 1. The Balaban J connectivity index is 2.19. The summed E-state index contributed by atoms with van der Waals surface area (Å²) in [5.41, 5.74) is 13.5. The van der Waals surface area contributed by atoms with Crippen molar-refractivity contribution in [1.82, 2.24) is 25.6 Å². The van der Waals surface area contributed by atoms with Gasteiger partial charge in [-0.05, 0) is 29.3 Å². The van der Waals surface area contributed by atoms with Crippen molar-refractivity contribution in [2.75, 3.05) is 18.0 Å². The van der Waals surface area contributed by atoms with Crippen LogP contribution in [0.15, 0.2) is 34.1 Å². The van der Waals surface area contributed by atoms with Gasteiger partial charge in [-0.1, -0.05) is 29.5 Å². The average Bonchev–Trinajstić information content (AvgIpc) is 3.36. The lowest BCUT2D eigenvalue weighted by Gasteiger charge is -2.16. The molecule has 168 valence electrons. The number of H-pyrrole nitrogens is 1. The number of nitrogens with two attached hydrogens (primary N) is 3. The van der Waals surface area contributed by atoms with Gasteiger partial charge in [-0.25, -0.2) is 27.0 Å². The predicted octanol–water partition coefficient (Wildman–Crippen LogP) is 0.414. The number of thiazole rings is 1. The van der Waals surface area contributed by atoms with Crippen LogP contribution in [0.25, 0.3) is 32.7 Å². The fourth-order valence-corrected chi connectivity index (χ4v) is 7.02. The van der Waals surface area contributed by atoms with Gasteiger partial charge >= 0.3 is 0 Å². The van der Waals surface area contributed by atoms with E-state index in [-0.39, 0.29) is 17.9 Å². The number of aromatic amines is 1. The molecule has 0 saturated carbocycles. The molecule has 0 aliphatic rings. The number of benzene rings is 2. The molecular weight excluding hydrogens is 476 g/mol. The minimum Gasteiger partial charge on any atom is -0.375 e. The van der Waals surface area contributed by atoms with Crippen molar-refractivity contribution in [2.45, 2.75) is 16.7 Å². The molecule has 0 radical (unpaired) electrons. The fraction of sp³-hybridized carbons (Fsp3) is 0.176. The molecule has 4 aromatic rings. The monoisotopic (exact) mass is 494 g/mol. The number of aryl methyl sites for hydroxylation is 1. The Morgan fingerprint density at radius 3 is 2.44 bits per heavy atom. The van der Waals surface area contributed by atoms with Gasteiger partial charge in [-0.15, -0.1) is 10.2 Å². The number of nitrogen functional groups attached to an aromatic ring is 1. The third-order valence-electron chi connectivity index (χ3n) is 4.74. The molecule has 0 aliphatic heterocycles. The summed E-state index contributed by atoms with van der Waals surface area (Å²) >= 11 is 1.28. The average molecular weight is 495 g/mol. The normalized spacial score (nSPS) is 12.5. The van der Waals surface area contributed by atoms with Crippen molar-refractivity contribution >= 4 is 46.5 Å². The Hall–Kier alpha value is -2.98. The van der Waals surface area contributed by atoms with Crippen molar-refractivity contribution in [1.29, 1.82) is 0 Å². The van der Waals surface area contributed by atoms with Crippen LogP contribution in [0, 0.1) is 6.92 Å². The number of aromatic nitrogens is 5. The van der Waals surface area contributed by atoms with E-state index in [1.54, 1.807) is 6.07 Å². The first-order chi connectivity index (χ1) is 15.0. The van der Waals surface area contributed by atoms with E-state index in [4.69, 9.17) is 16.6 Å². The summed E-state index contributed by atoms with van der Waals surface area (Å²) in [4.78, 5) is 3.25. The summed E-state index contributed by atoms with van der Waals surface area (Å²) in [5, 5.41) is 19.3. The molecule has 2 heterocycles. The summed E-state index contributed by atoms with van der Waals surface area (Å²) in [6, 6.07) is 6.20. The zero-order valence-corrected chi connectivity index (χ0v) is 19.1. The molecule has 32 heavy (non-hydrogen) atoms. The third kappa shape index (κ3) is 3.73. The lowest BCUT2D eigenvalue weighted by molar-refractivity contribution is 0.583. The maximum atomic E-state index is 12.8. The molecule has 2 aromatic heterocycles. The molecule has 0 bridgehead atoms. The standard InChI is InChI=1S/C17H18N8O4S3/c1-8-2-3-10(13-14(8)30-17(19)21-13)9-4-5-11(31(26,27)7-6-18)15(32(20,28)29)12(9)16-22-24-25-23-16/h2-5H,6-7,18H2,1H3,(H2,19,21)(H2,20,28,29)(H,22,23,24,25). The molecule has 0 unspecified atom stereocenters. The smallest absolute Gasteiger partial charge is 0.240 e. The second kappa shape index (κ2) is 7.86. The van der Waals surface area contributed by atoms with Crippen LogP contribution < -0.4 is 16.6 Å². The van der Waals surface area contributed by atoms with E-state index in [1.807, 2.05) is 13.0 Å². The molecule has 0 fully saturated rings. The van der Waals surface area contributed by atoms with Crippen molar-refractivity contribution in [3.8, 4) is 22.5 Å². The van der Waals surface area contributed by atoms with Crippen molar-refractivity contribution in [2.24, 2.45) is 10.9 Å². The Morgan fingerprint density at radius 1 is 1.09 bits per heavy atom. The molecule has 2 aromatic carbocycles. The van der Waals surface area contributed by atoms with Gasteiger partial charge in [0.25, 0.3) is 0 Å². The maximum Gasteiger partial charge on any atom is 0.240 e. The molecule has 12 nitrogen and oxygen atoms in total. The quantitative estimate of drug-likeness (QED) is 0.289. The highest BCUT2D eigenvalue weighted by atomic mass is 32.2. The van der Waals surface area contributed by atoms with Crippen LogP contribution in [-0.4, -0.2) is 54.7 Å². The first kappa shape index (κ1) is 22.2. The topological polar surface area (TPSA) is 214 Å². The molecule has 4 rings (SSSR count). The van der Waals surface area contributed by atoms with Crippen LogP contribution in [0.4, 0.5) is 5.13 Å². The second-order valence-corrected chi connectivity index (χ2v) is 11.5. The Bertz CT molecular complexity index is 1540. The molecule has 0 saturated heterocycles. The number of rotatable bonds is 6. The van der Waals surface area contributed by atoms with Gasteiger partial charge in [0.15, 0.2) is 15.0 Å². The van der Waals surface area contributed by atoms with Gasteiger partial charge in [0.05, 0.1) is 26.4 Å². The van der Waals surface area contributed by atoms with Crippen molar-refractivity contribution < 1.29 is 16.8 Å². The van der Waals surface area contributed by atoms with Gasteiger partial charge in [0, 0.05) is 12.1 Å². The van der Waals surface area contributed by atoms with Crippen LogP contribution in [-0.2, 0) is 19.9 Å². The zero-order valence-electron chi connectivity index (χ0n) is 16.6. The van der Waals surface area contributed by atoms with E-state index in [0.29, 0.717) is 21.8 Å². The number of sulfone groups is 1. The number of hydrogen-bond acceptors (Lipinski definition) is 11. The zero-order chi connectivity index (χ0) is 23.3. The van der Waals surface area contributed by atoms with E-state index < -0.39 is 35.4 Å². The Kier molecular flexibility index (Phi) is 5.46. The minimum atomic E-state index is -4.56. The number of nitrogens with zero attached hydrogens (tertiary/aromatic N) is 4. The van der Waals surface area contributed by atoms with Crippen LogP contribution in [0.1, 0.15) is 5.56 Å². The highest BCUT2D eigenvalue weighted by Crippen LogP contribution is 2.42. The Labute approximate surface area is 186 Å². The van der Waals surface area contributed by atoms with Gasteiger partial charge in [0.2, 0.25) is 15.8 Å². The van der Waals surface area contributed by atoms with Gasteiger partial charge in [-0.2, -0.15) is 5.21 Å². The molecule has 0 amide bonds. The summed E-state index contributed by atoms with van der Waals surface area (Å²) in [6.07, 6.45) is 0. The van der Waals surface area contributed by atoms with Crippen LogP contribution in [0.2, 0.25) is 0 Å². The number of primary sulfonamides is 1. The maximum absolute atomic E-state index is 12.8. The van der Waals surface area contributed by atoms with Crippen LogP contribution in [0.5, 0.6) is 0 Å². The van der Waals surface area contributed by atoms with Crippen LogP contribution >= 0.6 is 11.3 Å². The SMILES string of the molecule is Cc1ccc(-c2ccc(S(=O)(=O)CCN)c(S(N)(=O)=O)c2-c2nn[nH]n2)c2nc(N)sc12. The highest BCUT2D eigenvalue weighted by molar-refractivity contribution is 7.93. The predicted molar refractivity (Wildman–Crippen MR) is 120 cm³/mol. The lowest BCUT2D eigenvalue weighted by atomic mass is 9.97. The van der Waals surface area contributed by atoms with E-state index in [1.165, 1.54) is 23.5 Å². The molecular formula is C17H18N8O4S3. The summed E-state index contributed by atoms with van der Waals surface area (Å²) < 4.78 is 51.9. The number of fused-ring (bicyclic) bond motifs is 1. The van der Waals surface area contributed by atoms with Crippen LogP contribution in [0.3, 0.4) is 0 Å². The number of hydrogen-bond donors (Lipinski definition) is 4. The second-order valence-electron chi connectivity index (χ2n) is 6.86. The van der Waals surface area contributed by atoms with E-state index in [2.05, 4.69) is 25.6 Å². The first-order valence-corrected chi connectivity index (χ1v) is 13.1. The van der Waals surface area contributed by atoms with E-state index in [0.717, 1.165) is 10.3 Å². The number of anilines is 1. The number of nitrogens with one attached hydrogen (secondary N) is 1. The van der Waals surface area contributed by atoms with Gasteiger partial charge in [-0.3, -0.25) is 0 Å². The summed E-state index contributed by atoms with van der Waals surface area (Å²) in [6.45, 7) is 1.68. The van der Waals surface area contributed by atoms with Gasteiger partial charge < -0.3 is 11.5 Å². The van der Waals surface area contributed by atoms with Crippen molar-refractivity contribution in [3.05, 3.63) is 29.8 Å². The van der Waals surface area contributed by atoms with E-state index in [9.17, 15) is 16.8 Å². The third-order valence-corrected chi connectivity index (χ3v) is 8.67. The lowest BCUT2D eigenvalue weighted by Crippen LogP contribution is -2.22. The molecule has 0 spiro atoms. The first-order valence-electron chi connectivity index (χ1n) is 9.07. The number of tetrazole rings is 1. The highest BCUT2D eigenvalue weighted by Gasteiger charge is 2.32. The largest absolute Gasteiger partial charge is 0.375 e. The molecule has 0 atom stereocenters. The molecule has 15 heteroatoms. The fourth-order valence-electron chi connectivity index (χ4n) is 3.44. The summed E-state index contributed by atoms with van der Waals surface area (Å²) in [7, 11) is -8.65. The van der Waals surface area contributed by atoms with E-state index >= 15 is 0 Å². The molecule has 0 aliphatic carbocycles. The minimum absolute atomic E-state index is 0.115. The van der Waals surface area contributed by atoms with Gasteiger partial charge in [0.1, 0.15) is 4.90 Å². The van der Waals surface area contributed by atoms with Crippen molar-refractivity contribution in [3.63, 3.8) is 0 Å². The summed E-state index contributed by atoms with van der Waals surface area (Å²) in [5.74, 6) is -0.622. The Morgan fingerprint density at radius 2 is 1.81 bits per heavy atom. The molecule has 7 N–H and O–H groups in total.